The Hall–Kier alpha value is -1.13. The van der Waals surface area contributed by atoms with Gasteiger partial charge in [-0.25, -0.2) is 9.37 Å². The van der Waals surface area contributed by atoms with E-state index in [1.165, 1.54) is 11.6 Å². The van der Waals surface area contributed by atoms with E-state index >= 15 is 0 Å². The lowest BCUT2D eigenvalue weighted by Crippen LogP contribution is -2.19. The Balaban J connectivity index is 1.81. The molecule has 2 aromatic rings. The molecule has 0 amide bonds. The molecule has 0 radical (unpaired) electrons. The second kappa shape index (κ2) is 4.86. The molecular weight excluding hydrogens is 271 g/mol. The molecule has 2 heterocycles. The Morgan fingerprint density at radius 3 is 3.11 bits per heavy atom. The average Bonchev–Trinajstić information content (AvgIpc) is 2.97. The van der Waals surface area contributed by atoms with E-state index in [4.69, 9.17) is 11.6 Å². The normalized spacial score (nSPS) is 14.0. The van der Waals surface area contributed by atoms with Gasteiger partial charge in [-0.05, 0) is 24.1 Å². The molecule has 1 aromatic heterocycles. The molecule has 0 saturated carbocycles. The molecule has 1 aromatic carbocycles. The van der Waals surface area contributed by atoms with Gasteiger partial charge >= 0.3 is 0 Å². The lowest BCUT2D eigenvalue weighted by Gasteiger charge is -2.17. The van der Waals surface area contributed by atoms with Gasteiger partial charge in [0.15, 0.2) is 0 Å². The van der Waals surface area contributed by atoms with E-state index in [9.17, 15) is 4.39 Å². The van der Waals surface area contributed by atoms with Gasteiger partial charge in [-0.1, -0.05) is 6.07 Å². The minimum absolute atomic E-state index is 0.179. The summed E-state index contributed by atoms with van der Waals surface area (Å²) in [5.74, 6) is 0.267. The van der Waals surface area contributed by atoms with E-state index in [-0.39, 0.29) is 5.82 Å². The van der Waals surface area contributed by atoms with E-state index in [1.54, 1.807) is 17.4 Å². The molecule has 0 atom stereocenters. The Morgan fingerprint density at radius 2 is 2.33 bits per heavy atom. The van der Waals surface area contributed by atoms with E-state index in [0.717, 1.165) is 35.9 Å². The summed E-state index contributed by atoms with van der Waals surface area (Å²) in [4.78, 5) is 6.61. The van der Waals surface area contributed by atoms with Crippen molar-refractivity contribution in [3.05, 3.63) is 45.7 Å². The van der Waals surface area contributed by atoms with Crippen LogP contribution in [0.2, 0.25) is 0 Å². The molecule has 0 aliphatic carbocycles. The van der Waals surface area contributed by atoms with Crippen molar-refractivity contribution in [1.82, 2.24) is 4.98 Å². The van der Waals surface area contributed by atoms with E-state index in [2.05, 4.69) is 9.88 Å². The van der Waals surface area contributed by atoms with Gasteiger partial charge in [0.25, 0.3) is 0 Å². The van der Waals surface area contributed by atoms with Gasteiger partial charge < -0.3 is 4.90 Å². The second-order valence-electron chi connectivity index (χ2n) is 4.31. The molecule has 0 bridgehead atoms. The van der Waals surface area contributed by atoms with Crippen LogP contribution in [0.4, 0.5) is 10.1 Å². The van der Waals surface area contributed by atoms with Crippen molar-refractivity contribution in [2.45, 2.75) is 18.8 Å². The number of benzene rings is 1. The summed E-state index contributed by atoms with van der Waals surface area (Å²) >= 11 is 7.35. The maximum absolute atomic E-state index is 13.3. The van der Waals surface area contributed by atoms with Gasteiger partial charge in [0.2, 0.25) is 0 Å². The number of hydrogen-bond donors (Lipinski definition) is 0. The maximum atomic E-state index is 13.3. The SMILES string of the molecule is Fc1ccc2c(c1)N(Cc1nc(CCl)cs1)CC2. The zero-order valence-corrected chi connectivity index (χ0v) is 11.3. The number of rotatable bonds is 3. The van der Waals surface area contributed by atoms with E-state index < -0.39 is 0 Å². The van der Waals surface area contributed by atoms with E-state index in [1.807, 2.05) is 11.4 Å². The number of hydrogen-bond acceptors (Lipinski definition) is 3. The van der Waals surface area contributed by atoms with Gasteiger partial charge in [0, 0.05) is 17.6 Å². The summed E-state index contributed by atoms with van der Waals surface area (Å²) in [6.07, 6.45) is 0.976. The molecule has 5 heteroatoms. The standard InChI is InChI=1S/C13H12ClFN2S/c14-6-11-8-18-13(16-11)7-17-4-3-9-1-2-10(15)5-12(9)17/h1-2,5,8H,3-4,6-7H2. The zero-order chi connectivity index (χ0) is 12.5. The number of alkyl halides is 1. The molecule has 18 heavy (non-hydrogen) atoms. The first kappa shape index (κ1) is 11.9. The van der Waals surface area contributed by atoms with Gasteiger partial charge in [-0.3, -0.25) is 0 Å². The van der Waals surface area contributed by atoms with Crippen molar-refractivity contribution in [3.8, 4) is 0 Å². The first-order valence-electron chi connectivity index (χ1n) is 5.79. The summed E-state index contributed by atoms with van der Waals surface area (Å²) in [5, 5.41) is 3.01. The molecule has 0 spiro atoms. The number of fused-ring (bicyclic) bond motifs is 1. The second-order valence-corrected chi connectivity index (χ2v) is 5.52. The fraction of sp³-hybridized carbons (Fsp3) is 0.308. The number of halogens is 2. The number of anilines is 1. The van der Waals surface area contributed by atoms with Crippen LogP contribution >= 0.6 is 22.9 Å². The summed E-state index contributed by atoms with van der Waals surface area (Å²) in [6.45, 7) is 1.66. The first-order chi connectivity index (χ1) is 8.76. The molecule has 2 nitrogen and oxygen atoms in total. The molecule has 0 N–H and O–H groups in total. The summed E-state index contributed by atoms with van der Waals surface area (Å²) < 4.78 is 13.3. The Bertz CT molecular complexity index is 570. The fourth-order valence-electron chi connectivity index (χ4n) is 2.23. The lowest BCUT2D eigenvalue weighted by molar-refractivity contribution is 0.627. The molecule has 0 fully saturated rings. The van der Waals surface area contributed by atoms with Crippen LogP contribution in [0.25, 0.3) is 0 Å². The topological polar surface area (TPSA) is 16.1 Å². The number of nitrogens with zero attached hydrogens (tertiary/aromatic N) is 2. The molecule has 1 aliphatic heterocycles. The van der Waals surface area contributed by atoms with Gasteiger partial charge in [0.05, 0.1) is 18.1 Å². The van der Waals surface area contributed by atoms with Crippen LogP contribution in [0.1, 0.15) is 16.3 Å². The van der Waals surface area contributed by atoms with Crippen LogP contribution in [-0.2, 0) is 18.8 Å². The van der Waals surface area contributed by atoms with Crippen molar-refractivity contribution in [2.75, 3.05) is 11.4 Å². The van der Waals surface area contributed by atoms with Crippen LogP contribution < -0.4 is 4.90 Å². The molecule has 0 saturated heterocycles. The largest absolute Gasteiger partial charge is 0.364 e. The predicted molar refractivity (Wildman–Crippen MR) is 72.8 cm³/mol. The average molecular weight is 283 g/mol. The third-order valence-corrected chi connectivity index (χ3v) is 4.26. The van der Waals surface area contributed by atoms with Crippen molar-refractivity contribution in [2.24, 2.45) is 0 Å². The maximum Gasteiger partial charge on any atom is 0.125 e. The zero-order valence-electron chi connectivity index (χ0n) is 9.70. The summed E-state index contributed by atoms with van der Waals surface area (Å²) in [7, 11) is 0. The van der Waals surface area contributed by atoms with Crippen molar-refractivity contribution in [1.29, 1.82) is 0 Å². The van der Waals surface area contributed by atoms with Crippen LogP contribution in [0.3, 0.4) is 0 Å². The van der Waals surface area contributed by atoms with Crippen molar-refractivity contribution in [3.63, 3.8) is 0 Å². The van der Waals surface area contributed by atoms with Crippen LogP contribution in [0, 0.1) is 5.82 Å². The highest BCUT2D eigenvalue weighted by atomic mass is 35.5. The highest BCUT2D eigenvalue weighted by molar-refractivity contribution is 7.09. The van der Waals surface area contributed by atoms with Crippen molar-refractivity contribution >= 4 is 28.6 Å². The van der Waals surface area contributed by atoms with Gasteiger partial charge in [0.1, 0.15) is 10.8 Å². The van der Waals surface area contributed by atoms with Crippen LogP contribution in [0.15, 0.2) is 23.6 Å². The predicted octanol–water partition coefficient (Wildman–Crippen LogP) is 3.58. The molecule has 94 valence electrons. The quantitative estimate of drug-likeness (QED) is 0.800. The monoisotopic (exact) mass is 282 g/mol. The highest BCUT2D eigenvalue weighted by Crippen LogP contribution is 2.30. The van der Waals surface area contributed by atoms with E-state index in [0.29, 0.717) is 5.88 Å². The third kappa shape index (κ3) is 2.22. The highest BCUT2D eigenvalue weighted by Gasteiger charge is 2.20. The number of thiazole rings is 1. The molecule has 3 rings (SSSR count). The first-order valence-corrected chi connectivity index (χ1v) is 7.20. The molecule has 1 aliphatic rings. The Labute approximate surface area is 114 Å². The summed E-state index contributed by atoms with van der Waals surface area (Å²) in [5.41, 5.74) is 3.12. The van der Waals surface area contributed by atoms with Crippen molar-refractivity contribution < 1.29 is 4.39 Å². The van der Waals surface area contributed by atoms with Crippen LogP contribution in [-0.4, -0.2) is 11.5 Å². The fourth-order valence-corrected chi connectivity index (χ4v) is 3.27. The third-order valence-electron chi connectivity index (χ3n) is 3.10. The molecule has 0 unspecified atom stereocenters. The van der Waals surface area contributed by atoms with Gasteiger partial charge in [-0.2, -0.15) is 0 Å². The summed E-state index contributed by atoms with van der Waals surface area (Å²) in [6, 6.07) is 5.01. The van der Waals surface area contributed by atoms with Gasteiger partial charge in [-0.15, -0.1) is 22.9 Å². The minimum atomic E-state index is -0.179. The lowest BCUT2D eigenvalue weighted by atomic mass is 10.2. The van der Waals surface area contributed by atoms with Crippen LogP contribution in [0.5, 0.6) is 0 Å². The smallest absolute Gasteiger partial charge is 0.125 e. The Kier molecular flexibility index (Phi) is 3.22. The minimum Gasteiger partial charge on any atom is -0.364 e. The number of aromatic nitrogens is 1. The molecular formula is C13H12ClFN2S. The Morgan fingerprint density at radius 1 is 1.44 bits per heavy atom.